The lowest BCUT2D eigenvalue weighted by Gasteiger charge is -2.26. The third-order valence-corrected chi connectivity index (χ3v) is 2.67. The summed E-state index contributed by atoms with van der Waals surface area (Å²) in [5.74, 6) is -0.749. The van der Waals surface area contributed by atoms with Gasteiger partial charge in [0.25, 0.3) is 0 Å². The van der Waals surface area contributed by atoms with Crippen LogP contribution in [0.3, 0.4) is 0 Å². The van der Waals surface area contributed by atoms with Gasteiger partial charge in [0, 0.05) is 18.7 Å². The van der Waals surface area contributed by atoms with E-state index in [9.17, 15) is 4.79 Å². The zero-order valence-corrected chi connectivity index (χ0v) is 7.84. The van der Waals surface area contributed by atoms with E-state index in [0.29, 0.717) is 11.4 Å². The average molecular weight is 192 g/mol. The zero-order chi connectivity index (χ0) is 10.3. The monoisotopic (exact) mass is 192 g/mol. The van der Waals surface area contributed by atoms with Crippen molar-refractivity contribution in [2.24, 2.45) is 11.7 Å². The van der Waals surface area contributed by atoms with Crippen LogP contribution in [0.25, 0.3) is 0 Å². The standard InChI is InChI=1S/C10H12N2O2/c1-12-8-5-7(11)3-2-6(8)4-9(12)10(13)14/h2-6,8H,11H2,1H3,(H,13,14). The van der Waals surface area contributed by atoms with Crippen LogP contribution in [0.4, 0.5) is 0 Å². The Morgan fingerprint density at radius 2 is 2.29 bits per heavy atom. The summed E-state index contributed by atoms with van der Waals surface area (Å²) >= 11 is 0. The van der Waals surface area contributed by atoms with E-state index in [0.717, 1.165) is 0 Å². The minimum Gasteiger partial charge on any atom is -0.477 e. The van der Waals surface area contributed by atoms with Gasteiger partial charge in [-0.2, -0.15) is 0 Å². The van der Waals surface area contributed by atoms with Crippen LogP contribution in [0, 0.1) is 5.92 Å². The lowest BCUT2D eigenvalue weighted by atomic mass is 9.96. The summed E-state index contributed by atoms with van der Waals surface area (Å²) in [6.45, 7) is 0. The molecule has 0 aromatic rings. The number of allylic oxidation sites excluding steroid dienone is 1. The summed E-state index contributed by atoms with van der Waals surface area (Å²) in [6, 6.07) is 0.0612. The molecule has 0 saturated carbocycles. The number of nitrogens with two attached hydrogens (primary N) is 1. The minimum atomic E-state index is -0.887. The number of carboxylic acid groups (broad SMARTS) is 1. The smallest absolute Gasteiger partial charge is 0.351 e. The molecule has 0 saturated heterocycles. The second kappa shape index (κ2) is 2.90. The molecule has 1 aliphatic carbocycles. The van der Waals surface area contributed by atoms with Gasteiger partial charge in [-0.05, 0) is 18.2 Å². The highest BCUT2D eigenvalue weighted by molar-refractivity contribution is 5.86. The molecule has 0 fully saturated rings. The van der Waals surface area contributed by atoms with Crippen molar-refractivity contribution >= 4 is 5.97 Å². The summed E-state index contributed by atoms with van der Waals surface area (Å²) in [4.78, 5) is 12.6. The van der Waals surface area contributed by atoms with Crippen LogP contribution >= 0.6 is 0 Å². The van der Waals surface area contributed by atoms with Crippen LogP contribution in [-0.4, -0.2) is 29.1 Å². The topological polar surface area (TPSA) is 66.6 Å². The van der Waals surface area contributed by atoms with Gasteiger partial charge in [-0.15, -0.1) is 0 Å². The maximum atomic E-state index is 10.9. The molecule has 14 heavy (non-hydrogen) atoms. The van der Waals surface area contributed by atoms with Gasteiger partial charge in [0.1, 0.15) is 5.70 Å². The fraction of sp³-hybridized carbons (Fsp3) is 0.300. The fourth-order valence-corrected chi connectivity index (χ4v) is 1.91. The maximum Gasteiger partial charge on any atom is 0.351 e. The number of nitrogens with zero attached hydrogens (tertiary/aromatic N) is 1. The van der Waals surface area contributed by atoms with E-state index in [2.05, 4.69) is 0 Å². The first-order valence-corrected chi connectivity index (χ1v) is 4.43. The second-order valence-corrected chi connectivity index (χ2v) is 3.56. The molecule has 0 spiro atoms. The molecule has 0 amide bonds. The van der Waals surface area contributed by atoms with Gasteiger partial charge in [0.2, 0.25) is 0 Å². The van der Waals surface area contributed by atoms with Crippen molar-refractivity contribution in [1.29, 1.82) is 0 Å². The maximum absolute atomic E-state index is 10.9. The SMILES string of the molecule is CN1C(C(=O)O)=CC2C=CC(N)=CC21. The number of carbonyl (C=O) groups is 1. The Morgan fingerprint density at radius 1 is 1.57 bits per heavy atom. The Morgan fingerprint density at radius 3 is 2.93 bits per heavy atom. The highest BCUT2D eigenvalue weighted by Crippen LogP contribution is 2.30. The van der Waals surface area contributed by atoms with E-state index in [-0.39, 0.29) is 12.0 Å². The molecular weight excluding hydrogens is 180 g/mol. The molecule has 4 heteroatoms. The number of carboxylic acids is 1. The molecule has 0 radical (unpaired) electrons. The van der Waals surface area contributed by atoms with E-state index in [1.54, 1.807) is 18.0 Å². The van der Waals surface area contributed by atoms with Crippen LogP contribution in [-0.2, 0) is 4.79 Å². The highest BCUT2D eigenvalue weighted by Gasteiger charge is 2.33. The number of rotatable bonds is 1. The Balaban J connectivity index is 2.32. The van der Waals surface area contributed by atoms with Crippen molar-refractivity contribution in [3.63, 3.8) is 0 Å². The molecule has 2 unspecified atom stereocenters. The van der Waals surface area contributed by atoms with Crippen molar-refractivity contribution in [1.82, 2.24) is 4.90 Å². The number of fused-ring (bicyclic) bond motifs is 1. The molecular formula is C10H12N2O2. The largest absolute Gasteiger partial charge is 0.477 e. The molecule has 2 aliphatic rings. The number of likely N-dealkylation sites (N-methyl/N-ethyl adjacent to an activating group) is 1. The van der Waals surface area contributed by atoms with E-state index in [4.69, 9.17) is 10.8 Å². The third kappa shape index (κ3) is 1.19. The Kier molecular flexibility index (Phi) is 1.84. The van der Waals surface area contributed by atoms with Crippen LogP contribution in [0.2, 0.25) is 0 Å². The normalized spacial score (nSPS) is 29.6. The van der Waals surface area contributed by atoms with Crippen molar-refractivity contribution in [3.05, 3.63) is 35.7 Å². The molecule has 2 atom stereocenters. The predicted octanol–water partition coefficient (Wildman–Crippen LogP) is 0.298. The molecule has 2 rings (SSSR count). The van der Waals surface area contributed by atoms with Crippen LogP contribution < -0.4 is 5.73 Å². The predicted molar refractivity (Wildman–Crippen MR) is 52.2 cm³/mol. The minimum absolute atomic E-state index is 0.0612. The van der Waals surface area contributed by atoms with Gasteiger partial charge < -0.3 is 15.7 Å². The van der Waals surface area contributed by atoms with E-state index in [1.807, 2.05) is 18.2 Å². The van der Waals surface area contributed by atoms with Crippen LogP contribution in [0.15, 0.2) is 35.7 Å². The van der Waals surface area contributed by atoms with Crippen molar-refractivity contribution in [2.45, 2.75) is 6.04 Å². The zero-order valence-electron chi connectivity index (χ0n) is 7.84. The third-order valence-electron chi connectivity index (χ3n) is 2.67. The fourth-order valence-electron chi connectivity index (χ4n) is 1.91. The molecule has 0 bridgehead atoms. The summed E-state index contributed by atoms with van der Waals surface area (Å²) in [6.07, 6.45) is 7.40. The van der Waals surface area contributed by atoms with Gasteiger partial charge in [-0.3, -0.25) is 0 Å². The van der Waals surface area contributed by atoms with E-state index in [1.165, 1.54) is 0 Å². The first kappa shape index (κ1) is 8.87. The highest BCUT2D eigenvalue weighted by atomic mass is 16.4. The lowest BCUT2D eigenvalue weighted by molar-refractivity contribution is -0.134. The van der Waals surface area contributed by atoms with Crippen LogP contribution in [0.1, 0.15) is 0 Å². The molecule has 1 aliphatic heterocycles. The molecule has 4 nitrogen and oxygen atoms in total. The van der Waals surface area contributed by atoms with Gasteiger partial charge in [0.05, 0.1) is 6.04 Å². The van der Waals surface area contributed by atoms with Gasteiger partial charge in [0.15, 0.2) is 0 Å². The van der Waals surface area contributed by atoms with Crippen molar-refractivity contribution < 1.29 is 9.90 Å². The number of hydrogen-bond donors (Lipinski definition) is 2. The Bertz CT molecular complexity index is 368. The average Bonchev–Trinajstić information content (AvgIpc) is 2.44. The quantitative estimate of drug-likeness (QED) is 0.627. The molecule has 1 heterocycles. The number of hydrogen-bond acceptors (Lipinski definition) is 3. The molecule has 74 valence electrons. The summed E-state index contributed by atoms with van der Waals surface area (Å²) < 4.78 is 0. The number of aliphatic carboxylic acids is 1. The van der Waals surface area contributed by atoms with Crippen molar-refractivity contribution in [3.8, 4) is 0 Å². The first-order valence-electron chi connectivity index (χ1n) is 4.43. The van der Waals surface area contributed by atoms with E-state index < -0.39 is 5.97 Å². The molecule has 0 aromatic heterocycles. The van der Waals surface area contributed by atoms with Gasteiger partial charge >= 0.3 is 5.97 Å². The first-order chi connectivity index (χ1) is 6.59. The van der Waals surface area contributed by atoms with Crippen molar-refractivity contribution in [2.75, 3.05) is 7.05 Å². The summed E-state index contributed by atoms with van der Waals surface area (Å²) in [7, 11) is 1.77. The van der Waals surface area contributed by atoms with Gasteiger partial charge in [-0.1, -0.05) is 6.08 Å². The Labute approximate surface area is 82.0 Å². The molecule has 3 N–H and O–H groups in total. The van der Waals surface area contributed by atoms with E-state index >= 15 is 0 Å². The summed E-state index contributed by atoms with van der Waals surface area (Å²) in [5.41, 5.74) is 6.69. The van der Waals surface area contributed by atoms with Crippen LogP contribution in [0.5, 0.6) is 0 Å². The summed E-state index contributed by atoms with van der Waals surface area (Å²) in [5, 5.41) is 8.91. The lowest BCUT2D eigenvalue weighted by Crippen LogP contribution is -2.32. The second-order valence-electron chi connectivity index (χ2n) is 3.56. The van der Waals surface area contributed by atoms with Gasteiger partial charge in [-0.25, -0.2) is 4.79 Å². The molecule has 0 aromatic carbocycles. The Hall–Kier alpha value is -1.71.